The summed E-state index contributed by atoms with van der Waals surface area (Å²) in [6.07, 6.45) is 12.6. The lowest BCUT2D eigenvalue weighted by Gasteiger charge is -2.25. The van der Waals surface area contributed by atoms with Gasteiger partial charge in [0.05, 0.1) is 31.1 Å². The summed E-state index contributed by atoms with van der Waals surface area (Å²) in [4.78, 5) is 12.4. The van der Waals surface area contributed by atoms with Crippen LogP contribution in [-0.2, 0) is 22.5 Å². The summed E-state index contributed by atoms with van der Waals surface area (Å²) >= 11 is 0. The highest BCUT2D eigenvalue weighted by molar-refractivity contribution is 5.76. The predicted octanol–water partition coefficient (Wildman–Crippen LogP) is 2.38. The van der Waals surface area contributed by atoms with E-state index in [2.05, 4.69) is 26.6 Å². The molecule has 0 saturated carbocycles. The Bertz CT molecular complexity index is 682. The van der Waals surface area contributed by atoms with Crippen LogP contribution in [0.15, 0.2) is 16.4 Å². The summed E-state index contributed by atoms with van der Waals surface area (Å²) in [7, 11) is 1.68. The van der Waals surface area contributed by atoms with Crippen LogP contribution in [0.5, 0.6) is 0 Å². The van der Waals surface area contributed by atoms with Gasteiger partial charge in [-0.05, 0) is 24.8 Å². The van der Waals surface area contributed by atoms with Gasteiger partial charge < -0.3 is 10.1 Å². The number of hydrogen-bond donors (Lipinski definition) is 1. The molecule has 1 aromatic heterocycles. The Kier molecular flexibility index (Phi) is 5.49. The minimum absolute atomic E-state index is 0.0188. The van der Waals surface area contributed by atoms with Gasteiger partial charge in [-0.25, -0.2) is 0 Å². The van der Waals surface area contributed by atoms with Gasteiger partial charge in [-0.15, -0.1) is 12.3 Å². The van der Waals surface area contributed by atoms with Crippen LogP contribution in [0.2, 0.25) is 0 Å². The minimum atomic E-state index is -0.401. The highest BCUT2D eigenvalue weighted by Gasteiger charge is 2.39. The largest absolute Gasteiger partial charge is 0.383 e. The number of hydrogen-bond acceptors (Lipinski definition) is 5. The number of nitrogens with one attached hydrogen (secondary N) is 1. The second-order valence-electron chi connectivity index (χ2n) is 6.67. The number of rotatable bonds is 9. The third-order valence-electron chi connectivity index (χ3n) is 4.88. The molecule has 1 amide bonds. The number of aryl methyl sites for hydroxylation is 1. The number of fused-ring (bicyclic) bond motifs is 1. The van der Waals surface area contributed by atoms with Crippen LogP contribution in [0.4, 0.5) is 0 Å². The molecule has 1 aromatic rings. The van der Waals surface area contributed by atoms with Crippen LogP contribution in [0.3, 0.4) is 0 Å². The van der Waals surface area contributed by atoms with E-state index in [4.69, 9.17) is 11.2 Å². The SMILES string of the molecule is C#CCCC1(CCC(=O)NC2CCCc3cnn(CCOC)c32)N=N1. The molecule has 0 bridgehead atoms. The Hall–Kier alpha value is -2.20. The van der Waals surface area contributed by atoms with E-state index < -0.39 is 5.66 Å². The second kappa shape index (κ2) is 7.79. The van der Waals surface area contributed by atoms with E-state index in [1.807, 2.05) is 10.9 Å². The molecular weight excluding hydrogens is 318 g/mol. The Morgan fingerprint density at radius 1 is 1.52 bits per heavy atom. The van der Waals surface area contributed by atoms with Crippen molar-refractivity contribution in [2.75, 3.05) is 13.7 Å². The maximum absolute atomic E-state index is 12.4. The summed E-state index contributed by atoms with van der Waals surface area (Å²) in [6, 6.07) is 0.0188. The number of carbonyl (C=O) groups is 1. The van der Waals surface area contributed by atoms with Gasteiger partial charge >= 0.3 is 0 Å². The molecule has 1 unspecified atom stereocenters. The van der Waals surface area contributed by atoms with Gasteiger partial charge in [0.25, 0.3) is 0 Å². The van der Waals surface area contributed by atoms with E-state index in [0.29, 0.717) is 32.4 Å². The fourth-order valence-corrected chi connectivity index (χ4v) is 3.41. The normalized spacial score (nSPS) is 19.9. The topological polar surface area (TPSA) is 80.9 Å². The molecule has 25 heavy (non-hydrogen) atoms. The zero-order valence-electron chi connectivity index (χ0n) is 14.7. The van der Waals surface area contributed by atoms with Gasteiger partial charge in [-0.3, -0.25) is 9.48 Å². The van der Waals surface area contributed by atoms with Crippen molar-refractivity contribution < 1.29 is 9.53 Å². The van der Waals surface area contributed by atoms with E-state index in [-0.39, 0.29) is 11.9 Å². The molecule has 0 radical (unpaired) electrons. The highest BCUT2D eigenvalue weighted by Crippen LogP contribution is 2.37. The molecule has 3 rings (SSSR count). The van der Waals surface area contributed by atoms with Crippen LogP contribution in [0, 0.1) is 12.3 Å². The highest BCUT2D eigenvalue weighted by atomic mass is 16.5. The van der Waals surface area contributed by atoms with Crippen molar-refractivity contribution in [3.63, 3.8) is 0 Å². The summed E-state index contributed by atoms with van der Waals surface area (Å²) < 4.78 is 7.12. The number of terminal acetylenes is 1. The van der Waals surface area contributed by atoms with Crippen molar-refractivity contribution in [2.24, 2.45) is 10.2 Å². The van der Waals surface area contributed by atoms with Gasteiger partial charge in [-0.1, -0.05) is 0 Å². The lowest BCUT2D eigenvalue weighted by atomic mass is 9.93. The first-order valence-corrected chi connectivity index (χ1v) is 8.88. The Morgan fingerprint density at radius 2 is 2.36 bits per heavy atom. The molecule has 0 saturated heterocycles. The number of nitrogens with zero attached hydrogens (tertiary/aromatic N) is 4. The fraction of sp³-hybridized carbons (Fsp3) is 0.667. The third-order valence-corrected chi connectivity index (χ3v) is 4.88. The van der Waals surface area contributed by atoms with Gasteiger partial charge in [0.15, 0.2) is 5.66 Å². The lowest BCUT2D eigenvalue weighted by Crippen LogP contribution is -2.33. The first-order valence-electron chi connectivity index (χ1n) is 8.88. The van der Waals surface area contributed by atoms with Gasteiger partial charge in [0.1, 0.15) is 0 Å². The molecule has 0 spiro atoms. The Labute approximate surface area is 148 Å². The molecule has 1 aliphatic heterocycles. The lowest BCUT2D eigenvalue weighted by molar-refractivity contribution is -0.122. The van der Waals surface area contributed by atoms with E-state index in [9.17, 15) is 4.79 Å². The monoisotopic (exact) mass is 343 g/mol. The number of ether oxygens (including phenoxy) is 1. The number of carbonyl (C=O) groups excluding carboxylic acids is 1. The van der Waals surface area contributed by atoms with Crippen molar-refractivity contribution in [3.05, 3.63) is 17.5 Å². The predicted molar refractivity (Wildman–Crippen MR) is 92.8 cm³/mol. The van der Waals surface area contributed by atoms with E-state index in [1.54, 1.807) is 7.11 Å². The molecule has 1 aliphatic carbocycles. The molecule has 134 valence electrons. The van der Waals surface area contributed by atoms with Gasteiger partial charge in [0, 0.05) is 32.8 Å². The second-order valence-corrected chi connectivity index (χ2v) is 6.67. The molecule has 2 aliphatic rings. The van der Waals surface area contributed by atoms with Crippen LogP contribution in [0.25, 0.3) is 0 Å². The average Bonchev–Trinajstić information content (AvgIpc) is 3.27. The van der Waals surface area contributed by atoms with Crippen LogP contribution >= 0.6 is 0 Å². The van der Waals surface area contributed by atoms with Gasteiger partial charge in [0.2, 0.25) is 5.91 Å². The molecule has 0 fully saturated rings. The quantitative estimate of drug-likeness (QED) is 0.699. The molecule has 0 aromatic carbocycles. The number of amides is 1. The van der Waals surface area contributed by atoms with E-state index >= 15 is 0 Å². The number of methoxy groups -OCH3 is 1. The first-order chi connectivity index (χ1) is 12.2. The van der Waals surface area contributed by atoms with Crippen molar-refractivity contribution in [1.29, 1.82) is 0 Å². The molecule has 1 N–H and O–H groups in total. The zero-order valence-corrected chi connectivity index (χ0v) is 14.7. The molecule has 1 atom stereocenters. The average molecular weight is 343 g/mol. The van der Waals surface area contributed by atoms with E-state index in [1.165, 1.54) is 5.56 Å². The van der Waals surface area contributed by atoms with Crippen molar-refractivity contribution >= 4 is 5.91 Å². The minimum Gasteiger partial charge on any atom is -0.383 e. The van der Waals surface area contributed by atoms with Crippen molar-refractivity contribution in [3.8, 4) is 12.3 Å². The van der Waals surface area contributed by atoms with Crippen molar-refractivity contribution in [1.82, 2.24) is 15.1 Å². The summed E-state index contributed by atoms with van der Waals surface area (Å²) in [5, 5.41) is 15.8. The third kappa shape index (κ3) is 4.26. The fourth-order valence-electron chi connectivity index (χ4n) is 3.41. The van der Waals surface area contributed by atoms with Crippen LogP contribution in [0.1, 0.15) is 55.8 Å². The summed E-state index contributed by atoms with van der Waals surface area (Å²) in [6.45, 7) is 1.31. The maximum Gasteiger partial charge on any atom is 0.220 e. The maximum atomic E-state index is 12.4. The standard InChI is InChI=1S/C18H25N5O2/c1-3-4-9-18(21-22-18)10-8-16(24)20-15-7-5-6-14-13-19-23(17(14)15)11-12-25-2/h1,13,15H,4-12H2,2H3,(H,20,24). The van der Waals surface area contributed by atoms with Gasteiger partial charge in [-0.2, -0.15) is 15.3 Å². The zero-order chi connectivity index (χ0) is 17.7. The van der Waals surface area contributed by atoms with Crippen molar-refractivity contribution in [2.45, 2.75) is 63.2 Å². The smallest absolute Gasteiger partial charge is 0.220 e. The molecule has 7 heteroatoms. The molecule has 2 heterocycles. The van der Waals surface area contributed by atoms with E-state index in [0.717, 1.165) is 31.4 Å². The molecule has 7 nitrogen and oxygen atoms in total. The number of aromatic nitrogens is 2. The summed E-state index contributed by atoms with van der Waals surface area (Å²) in [5.74, 6) is 2.64. The first kappa shape index (κ1) is 17.6. The van der Waals surface area contributed by atoms with Crippen LogP contribution < -0.4 is 5.32 Å². The molecular formula is C18H25N5O2. The van der Waals surface area contributed by atoms with Crippen LogP contribution in [-0.4, -0.2) is 35.1 Å². The Balaban J connectivity index is 1.56. The Morgan fingerprint density at radius 3 is 3.08 bits per heavy atom. The summed E-state index contributed by atoms with van der Waals surface area (Å²) in [5.41, 5.74) is 1.95.